The Balaban J connectivity index is 2.67. The molecule has 1 N–H and O–H groups in total. The lowest BCUT2D eigenvalue weighted by molar-refractivity contribution is -0.145. The zero-order chi connectivity index (χ0) is 10.6. The van der Waals surface area contributed by atoms with Crippen LogP contribution >= 0.6 is 0 Å². The first-order chi connectivity index (χ1) is 6.63. The molecular weight excluding hydrogens is 187 g/mol. The molecule has 0 spiro atoms. The highest BCUT2D eigenvalue weighted by atomic mass is 19.1. The van der Waals surface area contributed by atoms with E-state index in [-0.39, 0.29) is 5.82 Å². The molecule has 0 saturated carbocycles. The van der Waals surface area contributed by atoms with Crippen molar-refractivity contribution in [1.29, 1.82) is 0 Å². The first kappa shape index (κ1) is 10.5. The van der Waals surface area contributed by atoms with E-state index in [2.05, 4.69) is 0 Å². The number of benzene rings is 1. The van der Waals surface area contributed by atoms with E-state index in [1.54, 1.807) is 6.92 Å². The lowest BCUT2D eigenvalue weighted by Crippen LogP contribution is -2.25. The van der Waals surface area contributed by atoms with Crippen molar-refractivity contribution >= 4 is 5.97 Å². The van der Waals surface area contributed by atoms with Crippen LogP contribution in [-0.4, -0.2) is 17.2 Å². The topological polar surface area (TPSA) is 46.5 Å². The molecule has 0 aliphatic carbocycles. The van der Waals surface area contributed by atoms with Crippen LogP contribution < -0.4 is 4.74 Å². The average Bonchev–Trinajstić information content (AvgIpc) is 2.16. The largest absolute Gasteiger partial charge is 0.479 e. The van der Waals surface area contributed by atoms with Gasteiger partial charge in [-0.25, -0.2) is 9.18 Å². The second kappa shape index (κ2) is 4.60. The Bertz CT molecular complexity index is 308. The van der Waals surface area contributed by atoms with Crippen molar-refractivity contribution in [3.63, 3.8) is 0 Å². The molecule has 14 heavy (non-hydrogen) atoms. The Hall–Kier alpha value is -1.58. The van der Waals surface area contributed by atoms with Crippen LogP contribution in [0.1, 0.15) is 13.3 Å². The van der Waals surface area contributed by atoms with Gasteiger partial charge in [0, 0.05) is 0 Å². The molecular formula is C10H11FO3. The normalized spacial score (nSPS) is 12.1. The van der Waals surface area contributed by atoms with E-state index >= 15 is 0 Å². The van der Waals surface area contributed by atoms with Crippen LogP contribution in [-0.2, 0) is 4.79 Å². The molecule has 0 bridgehead atoms. The number of hydrogen-bond acceptors (Lipinski definition) is 2. The van der Waals surface area contributed by atoms with Gasteiger partial charge in [0.1, 0.15) is 11.6 Å². The summed E-state index contributed by atoms with van der Waals surface area (Å²) in [5.74, 6) is -1.03. The molecule has 0 aliphatic rings. The molecule has 1 atom stereocenters. The fraction of sp³-hybridized carbons (Fsp3) is 0.300. The minimum Gasteiger partial charge on any atom is -0.479 e. The third-order valence-corrected chi connectivity index (χ3v) is 1.74. The van der Waals surface area contributed by atoms with Crippen molar-refractivity contribution in [1.82, 2.24) is 0 Å². The number of rotatable bonds is 4. The van der Waals surface area contributed by atoms with Gasteiger partial charge in [0.25, 0.3) is 0 Å². The molecule has 0 amide bonds. The van der Waals surface area contributed by atoms with E-state index in [1.165, 1.54) is 24.3 Å². The average molecular weight is 198 g/mol. The zero-order valence-electron chi connectivity index (χ0n) is 7.74. The summed E-state index contributed by atoms with van der Waals surface area (Å²) < 4.78 is 17.6. The van der Waals surface area contributed by atoms with Crippen molar-refractivity contribution in [2.45, 2.75) is 19.4 Å². The maximum Gasteiger partial charge on any atom is 0.344 e. The number of carboxylic acids is 1. The minimum atomic E-state index is -1.02. The Kier molecular flexibility index (Phi) is 3.45. The monoisotopic (exact) mass is 198 g/mol. The van der Waals surface area contributed by atoms with Gasteiger partial charge in [-0.3, -0.25) is 0 Å². The summed E-state index contributed by atoms with van der Waals surface area (Å²) in [6.07, 6.45) is -0.507. The van der Waals surface area contributed by atoms with Gasteiger partial charge in [0.2, 0.25) is 0 Å². The second-order valence-electron chi connectivity index (χ2n) is 2.81. The van der Waals surface area contributed by atoms with E-state index < -0.39 is 12.1 Å². The first-order valence-electron chi connectivity index (χ1n) is 4.28. The molecule has 4 heteroatoms. The molecule has 0 aliphatic heterocycles. The van der Waals surface area contributed by atoms with Gasteiger partial charge >= 0.3 is 5.97 Å². The summed E-state index contributed by atoms with van der Waals surface area (Å²) in [5.41, 5.74) is 0. The smallest absolute Gasteiger partial charge is 0.344 e. The van der Waals surface area contributed by atoms with Crippen LogP contribution in [0.15, 0.2) is 24.3 Å². The fourth-order valence-electron chi connectivity index (χ4n) is 0.986. The number of carbonyl (C=O) groups is 1. The predicted molar refractivity (Wildman–Crippen MR) is 48.7 cm³/mol. The third kappa shape index (κ3) is 2.73. The van der Waals surface area contributed by atoms with Crippen LogP contribution in [0.4, 0.5) is 4.39 Å². The van der Waals surface area contributed by atoms with Gasteiger partial charge in [-0.2, -0.15) is 0 Å². The quantitative estimate of drug-likeness (QED) is 0.805. The minimum absolute atomic E-state index is 0.362. The summed E-state index contributed by atoms with van der Waals surface area (Å²) in [6, 6.07) is 5.26. The van der Waals surface area contributed by atoms with E-state index in [4.69, 9.17) is 9.84 Å². The summed E-state index contributed by atoms with van der Waals surface area (Å²) in [7, 11) is 0. The zero-order valence-corrected chi connectivity index (χ0v) is 7.74. The summed E-state index contributed by atoms with van der Waals surface area (Å²) in [6.45, 7) is 1.71. The van der Waals surface area contributed by atoms with Crippen molar-refractivity contribution in [2.24, 2.45) is 0 Å². The molecule has 1 aromatic carbocycles. The maximum atomic E-state index is 12.5. The molecule has 0 unspecified atom stereocenters. The van der Waals surface area contributed by atoms with Gasteiger partial charge in [0.05, 0.1) is 0 Å². The van der Waals surface area contributed by atoms with Gasteiger partial charge < -0.3 is 9.84 Å². The number of aliphatic carboxylic acids is 1. The highest BCUT2D eigenvalue weighted by Crippen LogP contribution is 2.14. The van der Waals surface area contributed by atoms with Crippen LogP contribution in [0, 0.1) is 5.82 Å². The lowest BCUT2D eigenvalue weighted by atomic mass is 10.2. The maximum absolute atomic E-state index is 12.5. The molecule has 0 heterocycles. The van der Waals surface area contributed by atoms with E-state index in [0.29, 0.717) is 12.2 Å². The molecule has 0 saturated heterocycles. The van der Waals surface area contributed by atoms with Crippen molar-refractivity contribution < 1.29 is 19.0 Å². The van der Waals surface area contributed by atoms with Crippen LogP contribution in [0.2, 0.25) is 0 Å². The molecule has 76 valence electrons. The number of carboxylic acid groups (broad SMARTS) is 1. The molecule has 0 aromatic heterocycles. The highest BCUT2D eigenvalue weighted by Gasteiger charge is 2.16. The van der Waals surface area contributed by atoms with E-state index in [9.17, 15) is 9.18 Å². The predicted octanol–water partition coefficient (Wildman–Crippen LogP) is 2.07. The van der Waals surface area contributed by atoms with Gasteiger partial charge in [-0.05, 0) is 30.7 Å². The number of halogens is 1. The van der Waals surface area contributed by atoms with Gasteiger partial charge in [-0.1, -0.05) is 6.92 Å². The summed E-state index contributed by atoms with van der Waals surface area (Å²) in [4.78, 5) is 10.6. The van der Waals surface area contributed by atoms with Crippen LogP contribution in [0.5, 0.6) is 5.75 Å². The SMILES string of the molecule is CC[C@H](Oc1ccc(F)cc1)C(=O)O. The standard InChI is InChI=1S/C10H11FO3/c1-2-9(10(12)13)14-8-5-3-7(11)4-6-8/h3-6,9H,2H2,1H3,(H,12,13)/t9-/m0/s1. The van der Waals surface area contributed by atoms with Crippen molar-refractivity contribution in [3.05, 3.63) is 30.1 Å². The van der Waals surface area contributed by atoms with Gasteiger partial charge in [-0.15, -0.1) is 0 Å². The molecule has 0 fully saturated rings. The molecule has 3 nitrogen and oxygen atoms in total. The van der Waals surface area contributed by atoms with E-state index in [1.807, 2.05) is 0 Å². The second-order valence-corrected chi connectivity index (χ2v) is 2.81. The number of ether oxygens (including phenoxy) is 1. The van der Waals surface area contributed by atoms with Crippen LogP contribution in [0.3, 0.4) is 0 Å². The Morgan fingerprint density at radius 2 is 2.07 bits per heavy atom. The Labute approximate surface area is 81.1 Å². The summed E-state index contributed by atoms with van der Waals surface area (Å²) >= 11 is 0. The molecule has 1 rings (SSSR count). The van der Waals surface area contributed by atoms with Crippen molar-refractivity contribution in [2.75, 3.05) is 0 Å². The first-order valence-corrected chi connectivity index (χ1v) is 4.28. The fourth-order valence-corrected chi connectivity index (χ4v) is 0.986. The van der Waals surface area contributed by atoms with Gasteiger partial charge in [0.15, 0.2) is 6.10 Å². The highest BCUT2D eigenvalue weighted by molar-refractivity contribution is 5.72. The number of hydrogen-bond donors (Lipinski definition) is 1. The van der Waals surface area contributed by atoms with E-state index in [0.717, 1.165) is 0 Å². The molecule has 0 radical (unpaired) electrons. The Morgan fingerprint density at radius 1 is 1.50 bits per heavy atom. The Morgan fingerprint density at radius 3 is 2.50 bits per heavy atom. The molecule has 1 aromatic rings. The summed E-state index contributed by atoms with van der Waals surface area (Å²) in [5, 5.41) is 8.69. The lowest BCUT2D eigenvalue weighted by Gasteiger charge is -2.12. The van der Waals surface area contributed by atoms with Crippen LogP contribution in [0.25, 0.3) is 0 Å². The third-order valence-electron chi connectivity index (χ3n) is 1.74. The van der Waals surface area contributed by atoms with Crippen molar-refractivity contribution in [3.8, 4) is 5.75 Å².